The summed E-state index contributed by atoms with van der Waals surface area (Å²) in [7, 11) is 0. The van der Waals surface area contributed by atoms with Crippen LogP contribution in [-0.4, -0.2) is 41.6 Å². The summed E-state index contributed by atoms with van der Waals surface area (Å²) in [6.07, 6.45) is 1.68. The van der Waals surface area contributed by atoms with Crippen molar-refractivity contribution in [3.05, 3.63) is 38.3 Å². The Morgan fingerprint density at radius 3 is 2.61 bits per heavy atom. The summed E-state index contributed by atoms with van der Waals surface area (Å²) in [6, 6.07) is 1.05. The van der Waals surface area contributed by atoms with E-state index in [1.165, 1.54) is 6.07 Å². The summed E-state index contributed by atoms with van der Waals surface area (Å²) < 4.78 is 23.1. The Labute approximate surface area is 180 Å². The lowest BCUT2D eigenvalue weighted by Gasteiger charge is -2.30. The van der Waals surface area contributed by atoms with Crippen LogP contribution in [0.15, 0.2) is 15.7 Å². The molecule has 1 aliphatic carbocycles. The Morgan fingerprint density at radius 1 is 1.32 bits per heavy atom. The van der Waals surface area contributed by atoms with Crippen molar-refractivity contribution in [3.63, 3.8) is 0 Å². The first kappa shape index (κ1) is 21.8. The van der Waals surface area contributed by atoms with Crippen LogP contribution in [0.3, 0.4) is 0 Å². The van der Waals surface area contributed by atoms with Gasteiger partial charge in [-0.25, -0.2) is 9.18 Å². The minimum Gasteiger partial charge on any atom is -0.380 e. The number of rotatable bonds is 6. The molecule has 1 saturated carbocycles. The first-order chi connectivity index (χ1) is 14.6. The third kappa shape index (κ3) is 3.53. The Hall–Kier alpha value is -2.39. The zero-order valence-electron chi connectivity index (χ0n) is 18.7. The quantitative estimate of drug-likeness (QED) is 0.668. The zero-order chi connectivity index (χ0) is 22.7. The van der Waals surface area contributed by atoms with E-state index >= 15 is 4.39 Å². The lowest BCUT2D eigenvalue weighted by molar-refractivity contribution is 0.0982. The van der Waals surface area contributed by atoms with E-state index in [1.807, 2.05) is 11.8 Å². The van der Waals surface area contributed by atoms with Gasteiger partial charge in [0.25, 0.3) is 5.56 Å². The second-order valence-corrected chi connectivity index (χ2v) is 9.59. The molecule has 2 atom stereocenters. The van der Waals surface area contributed by atoms with E-state index in [0.717, 1.165) is 12.8 Å². The fourth-order valence-corrected chi connectivity index (χ4v) is 5.13. The highest BCUT2D eigenvalue weighted by atomic mass is 19.1. The highest BCUT2D eigenvalue weighted by molar-refractivity contribution is 5.87. The van der Waals surface area contributed by atoms with Crippen LogP contribution in [0, 0.1) is 24.1 Å². The van der Waals surface area contributed by atoms with Crippen molar-refractivity contribution >= 4 is 16.6 Å². The monoisotopic (exact) mass is 433 g/mol. The zero-order valence-corrected chi connectivity index (χ0v) is 18.7. The van der Waals surface area contributed by atoms with Crippen LogP contribution in [0.25, 0.3) is 10.9 Å². The van der Waals surface area contributed by atoms with Gasteiger partial charge in [0.15, 0.2) is 0 Å². The van der Waals surface area contributed by atoms with Crippen LogP contribution >= 0.6 is 0 Å². The van der Waals surface area contributed by atoms with E-state index in [0.29, 0.717) is 47.7 Å². The third-order valence-corrected chi connectivity index (χ3v) is 6.84. The number of hydrogen-bond acceptors (Lipinski definition) is 6. The molecule has 1 aromatic carbocycles. The number of hydrogen-bond donors (Lipinski definition) is 2. The summed E-state index contributed by atoms with van der Waals surface area (Å²) in [5, 5.41) is 0.135. The SMILES string of the molecule is CCOC[C@H](N)C1CN(c2c(F)cc3c(=O)n(N)c(=O)n(C4CC4)c3c2C)CC1(C)C. The molecular weight excluding hydrogens is 401 g/mol. The third-order valence-electron chi connectivity index (χ3n) is 6.84. The van der Waals surface area contributed by atoms with E-state index in [-0.39, 0.29) is 28.8 Å². The summed E-state index contributed by atoms with van der Waals surface area (Å²) in [5.41, 5.74) is 6.54. The van der Waals surface area contributed by atoms with Gasteiger partial charge in [0.2, 0.25) is 0 Å². The van der Waals surface area contributed by atoms with Crippen molar-refractivity contribution in [2.45, 2.75) is 52.6 Å². The van der Waals surface area contributed by atoms with Gasteiger partial charge < -0.3 is 21.2 Å². The molecule has 2 fully saturated rings. The van der Waals surface area contributed by atoms with Crippen molar-refractivity contribution in [2.24, 2.45) is 17.1 Å². The van der Waals surface area contributed by atoms with Gasteiger partial charge in [0.05, 0.1) is 23.2 Å². The van der Waals surface area contributed by atoms with Crippen molar-refractivity contribution in [1.82, 2.24) is 9.24 Å². The Balaban J connectivity index is 1.84. The molecule has 8 nitrogen and oxygen atoms in total. The largest absolute Gasteiger partial charge is 0.380 e. The molecule has 1 unspecified atom stereocenters. The van der Waals surface area contributed by atoms with Crippen molar-refractivity contribution in [3.8, 4) is 0 Å². The molecule has 170 valence electrons. The molecule has 9 heteroatoms. The molecule has 4 rings (SSSR count). The number of halogens is 1. The molecule has 2 heterocycles. The predicted molar refractivity (Wildman–Crippen MR) is 120 cm³/mol. The smallest absolute Gasteiger partial charge is 0.350 e. The molecule has 31 heavy (non-hydrogen) atoms. The van der Waals surface area contributed by atoms with Gasteiger partial charge in [-0.2, -0.15) is 4.68 Å². The van der Waals surface area contributed by atoms with Gasteiger partial charge in [-0.3, -0.25) is 9.36 Å². The molecule has 0 spiro atoms. The summed E-state index contributed by atoms with van der Waals surface area (Å²) >= 11 is 0. The average molecular weight is 434 g/mol. The molecule has 2 aliphatic rings. The number of aromatic nitrogens is 2. The number of nitrogens with zero attached hydrogens (tertiary/aromatic N) is 3. The Kier molecular flexibility index (Phi) is 5.37. The maximum atomic E-state index is 15.4. The highest BCUT2D eigenvalue weighted by Crippen LogP contribution is 2.43. The fraction of sp³-hybridized carbons (Fsp3) is 0.636. The average Bonchev–Trinajstić information content (AvgIpc) is 3.48. The molecule has 0 radical (unpaired) electrons. The van der Waals surface area contributed by atoms with E-state index in [9.17, 15) is 9.59 Å². The molecule has 1 saturated heterocycles. The van der Waals surface area contributed by atoms with Gasteiger partial charge in [-0.15, -0.1) is 0 Å². The molecule has 2 aromatic rings. The van der Waals surface area contributed by atoms with Crippen LogP contribution < -0.4 is 27.7 Å². The van der Waals surface area contributed by atoms with E-state index in [2.05, 4.69) is 13.8 Å². The van der Waals surface area contributed by atoms with Gasteiger partial charge in [0, 0.05) is 43.3 Å². The van der Waals surface area contributed by atoms with Gasteiger partial charge >= 0.3 is 5.69 Å². The lowest BCUT2D eigenvalue weighted by Crippen LogP contribution is -2.44. The van der Waals surface area contributed by atoms with Crippen LogP contribution in [0.5, 0.6) is 0 Å². The molecule has 0 amide bonds. The van der Waals surface area contributed by atoms with Crippen molar-refractivity contribution in [2.75, 3.05) is 37.0 Å². The van der Waals surface area contributed by atoms with Crippen LogP contribution in [0.4, 0.5) is 10.1 Å². The second kappa shape index (κ2) is 7.63. The Bertz CT molecular complexity index is 1130. The predicted octanol–water partition coefficient (Wildman–Crippen LogP) is 1.49. The van der Waals surface area contributed by atoms with Gasteiger partial charge in [0.1, 0.15) is 5.82 Å². The number of nitrogen functional groups attached to an aromatic ring is 1. The van der Waals surface area contributed by atoms with Crippen LogP contribution in [0.2, 0.25) is 0 Å². The minimum absolute atomic E-state index is 0.00945. The number of aryl methyl sites for hydroxylation is 1. The molecule has 1 aromatic heterocycles. The molecular formula is C22H32FN5O3. The topological polar surface area (TPSA) is 109 Å². The maximum absolute atomic E-state index is 15.4. The molecule has 1 aliphatic heterocycles. The molecule has 0 bridgehead atoms. The van der Waals surface area contributed by atoms with Crippen molar-refractivity contribution in [1.29, 1.82) is 0 Å². The first-order valence-electron chi connectivity index (χ1n) is 10.9. The van der Waals surface area contributed by atoms with Crippen LogP contribution in [-0.2, 0) is 4.74 Å². The maximum Gasteiger partial charge on any atom is 0.350 e. The van der Waals surface area contributed by atoms with Crippen LogP contribution in [0.1, 0.15) is 45.2 Å². The minimum atomic E-state index is -0.677. The summed E-state index contributed by atoms with van der Waals surface area (Å²) in [5.74, 6) is 5.33. The van der Waals surface area contributed by atoms with E-state index in [4.69, 9.17) is 16.3 Å². The highest BCUT2D eigenvalue weighted by Gasteiger charge is 2.44. The van der Waals surface area contributed by atoms with Gasteiger partial charge in [-0.1, -0.05) is 13.8 Å². The fourth-order valence-electron chi connectivity index (χ4n) is 5.13. The standard InChI is InChI=1S/C22H32FN5O3/c1-5-31-10-17(24)15-9-26(11-22(15,3)4)19-12(2)18-14(8-16(19)23)20(29)28(25)21(30)27(18)13-6-7-13/h8,13,15,17H,5-7,9-11,24-25H2,1-4H3/t15?,17-/m0/s1. The molecule has 4 N–H and O–H groups in total. The number of nitrogens with two attached hydrogens (primary N) is 2. The second-order valence-electron chi connectivity index (χ2n) is 9.59. The van der Waals surface area contributed by atoms with E-state index in [1.54, 1.807) is 11.5 Å². The number of fused-ring (bicyclic) bond motifs is 1. The number of anilines is 1. The normalized spacial score (nSPS) is 21.7. The number of ether oxygens (including phenoxy) is 1. The van der Waals surface area contributed by atoms with E-state index < -0.39 is 17.1 Å². The van der Waals surface area contributed by atoms with Gasteiger partial charge in [-0.05, 0) is 38.2 Å². The summed E-state index contributed by atoms with van der Waals surface area (Å²) in [4.78, 5) is 27.4. The number of benzene rings is 1. The van der Waals surface area contributed by atoms with Crippen molar-refractivity contribution < 1.29 is 9.13 Å². The first-order valence-corrected chi connectivity index (χ1v) is 10.9. The lowest BCUT2D eigenvalue weighted by atomic mass is 9.78. The summed E-state index contributed by atoms with van der Waals surface area (Å²) in [6.45, 7) is 10.2. The Morgan fingerprint density at radius 2 is 2.00 bits per heavy atom.